The van der Waals surface area contributed by atoms with Gasteiger partial charge in [-0.15, -0.1) is 0 Å². The predicted octanol–water partition coefficient (Wildman–Crippen LogP) is 2.31. The Bertz CT molecular complexity index is 864. The topological polar surface area (TPSA) is 50.1 Å². The fourth-order valence-corrected chi connectivity index (χ4v) is 3.25. The number of fused-ring (bicyclic) bond motifs is 1. The van der Waals surface area contributed by atoms with Crippen LogP contribution in [0.1, 0.15) is 10.5 Å². The highest BCUT2D eigenvalue weighted by Crippen LogP contribution is 2.28. The molecule has 4 rings (SSSR count). The minimum Gasteiger partial charge on any atom is -0.495 e. The molecular formula is C19H20N4O2. The average Bonchev–Trinajstić information content (AvgIpc) is 3.12. The average molecular weight is 336 g/mol. The summed E-state index contributed by atoms with van der Waals surface area (Å²) in [6.45, 7) is 2.90. The second-order valence-electron chi connectivity index (χ2n) is 6.05. The van der Waals surface area contributed by atoms with Gasteiger partial charge in [-0.05, 0) is 30.3 Å². The van der Waals surface area contributed by atoms with E-state index in [2.05, 4.69) is 16.1 Å². The molecule has 0 aliphatic carbocycles. The van der Waals surface area contributed by atoms with Crippen molar-refractivity contribution in [3.63, 3.8) is 0 Å². The first-order valence-corrected chi connectivity index (χ1v) is 8.38. The van der Waals surface area contributed by atoms with Gasteiger partial charge in [0, 0.05) is 32.4 Å². The van der Waals surface area contributed by atoms with E-state index < -0.39 is 0 Å². The van der Waals surface area contributed by atoms with Crippen molar-refractivity contribution >= 4 is 17.1 Å². The largest absolute Gasteiger partial charge is 0.495 e. The SMILES string of the molecule is COc1ccccc1N1CCN(C(=O)c2cc3ccccn3n2)CC1. The van der Waals surface area contributed by atoms with Gasteiger partial charge in [0.1, 0.15) is 5.75 Å². The molecule has 3 aromatic rings. The zero-order chi connectivity index (χ0) is 17.2. The summed E-state index contributed by atoms with van der Waals surface area (Å²) in [5.41, 5.74) is 2.50. The van der Waals surface area contributed by atoms with Crippen molar-refractivity contribution in [2.45, 2.75) is 0 Å². The molecule has 1 fully saturated rings. The number of methoxy groups -OCH3 is 1. The van der Waals surface area contributed by atoms with E-state index in [0.29, 0.717) is 18.8 Å². The lowest BCUT2D eigenvalue weighted by Gasteiger charge is -2.36. The van der Waals surface area contributed by atoms with Crippen molar-refractivity contribution in [1.82, 2.24) is 14.5 Å². The van der Waals surface area contributed by atoms with E-state index in [1.54, 1.807) is 11.6 Å². The summed E-state index contributed by atoms with van der Waals surface area (Å²) in [4.78, 5) is 16.9. The van der Waals surface area contributed by atoms with E-state index in [4.69, 9.17) is 4.74 Å². The Morgan fingerprint density at radius 1 is 1.04 bits per heavy atom. The number of hydrogen-bond donors (Lipinski definition) is 0. The lowest BCUT2D eigenvalue weighted by molar-refractivity contribution is 0.0740. The number of hydrogen-bond acceptors (Lipinski definition) is 4. The minimum atomic E-state index is -0.0108. The van der Waals surface area contributed by atoms with Crippen LogP contribution in [0.3, 0.4) is 0 Å². The molecule has 0 saturated carbocycles. The third kappa shape index (κ3) is 2.91. The second kappa shape index (κ2) is 6.47. The molecule has 0 unspecified atom stereocenters. The van der Waals surface area contributed by atoms with Crippen LogP contribution in [0.15, 0.2) is 54.7 Å². The van der Waals surface area contributed by atoms with Crippen molar-refractivity contribution in [1.29, 1.82) is 0 Å². The smallest absolute Gasteiger partial charge is 0.274 e. The van der Waals surface area contributed by atoms with Crippen LogP contribution in [-0.4, -0.2) is 53.7 Å². The normalized spacial score (nSPS) is 14.8. The van der Waals surface area contributed by atoms with Gasteiger partial charge in [-0.1, -0.05) is 18.2 Å². The van der Waals surface area contributed by atoms with Crippen LogP contribution in [0.25, 0.3) is 5.52 Å². The van der Waals surface area contributed by atoms with Crippen LogP contribution >= 0.6 is 0 Å². The maximum atomic E-state index is 12.7. The van der Waals surface area contributed by atoms with Crippen LogP contribution in [0.5, 0.6) is 5.75 Å². The van der Waals surface area contributed by atoms with Gasteiger partial charge < -0.3 is 14.5 Å². The summed E-state index contributed by atoms with van der Waals surface area (Å²) >= 11 is 0. The van der Waals surface area contributed by atoms with E-state index in [0.717, 1.165) is 30.0 Å². The van der Waals surface area contributed by atoms with Crippen LogP contribution in [0.4, 0.5) is 5.69 Å². The van der Waals surface area contributed by atoms with Crippen molar-refractivity contribution in [2.75, 3.05) is 38.2 Å². The summed E-state index contributed by atoms with van der Waals surface area (Å²) in [6.07, 6.45) is 1.85. The number of rotatable bonds is 3. The Hall–Kier alpha value is -3.02. The molecule has 0 atom stereocenters. The highest BCUT2D eigenvalue weighted by molar-refractivity contribution is 5.93. The summed E-state index contributed by atoms with van der Waals surface area (Å²) in [5.74, 6) is 0.853. The van der Waals surface area contributed by atoms with Crippen molar-refractivity contribution in [3.8, 4) is 5.75 Å². The Kier molecular flexibility index (Phi) is 4.01. The lowest BCUT2D eigenvalue weighted by Crippen LogP contribution is -2.49. The highest BCUT2D eigenvalue weighted by atomic mass is 16.5. The van der Waals surface area contributed by atoms with E-state index in [9.17, 15) is 4.79 Å². The Morgan fingerprint density at radius 2 is 1.80 bits per heavy atom. The molecule has 2 aromatic heterocycles. The minimum absolute atomic E-state index is 0.0108. The van der Waals surface area contributed by atoms with Gasteiger partial charge in [-0.2, -0.15) is 5.10 Å². The molecule has 6 heteroatoms. The number of para-hydroxylation sites is 2. The predicted molar refractivity (Wildman–Crippen MR) is 96.3 cm³/mol. The number of carbonyl (C=O) groups excluding carboxylic acids is 1. The maximum absolute atomic E-state index is 12.7. The van der Waals surface area contributed by atoms with Crippen molar-refractivity contribution in [3.05, 3.63) is 60.4 Å². The third-order valence-corrected chi connectivity index (χ3v) is 4.58. The first kappa shape index (κ1) is 15.5. The van der Waals surface area contributed by atoms with Crippen LogP contribution < -0.4 is 9.64 Å². The third-order valence-electron chi connectivity index (χ3n) is 4.58. The first-order chi connectivity index (χ1) is 12.3. The fourth-order valence-electron chi connectivity index (χ4n) is 3.25. The fraction of sp³-hybridized carbons (Fsp3) is 0.263. The zero-order valence-electron chi connectivity index (χ0n) is 14.1. The van der Waals surface area contributed by atoms with Crippen LogP contribution in [0, 0.1) is 0 Å². The molecule has 1 amide bonds. The van der Waals surface area contributed by atoms with Crippen molar-refractivity contribution < 1.29 is 9.53 Å². The monoisotopic (exact) mass is 336 g/mol. The van der Waals surface area contributed by atoms with Crippen molar-refractivity contribution in [2.24, 2.45) is 0 Å². The number of anilines is 1. The molecule has 0 N–H and O–H groups in total. The van der Waals surface area contributed by atoms with E-state index in [-0.39, 0.29) is 5.91 Å². The number of pyridine rings is 1. The second-order valence-corrected chi connectivity index (χ2v) is 6.05. The molecule has 1 aliphatic rings. The van der Waals surface area contributed by atoms with Gasteiger partial charge >= 0.3 is 0 Å². The number of ether oxygens (including phenoxy) is 1. The summed E-state index contributed by atoms with van der Waals surface area (Å²) in [5, 5.41) is 4.38. The molecular weight excluding hydrogens is 316 g/mol. The Balaban J connectivity index is 1.47. The van der Waals surface area contributed by atoms with Gasteiger partial charge in [0.05, 0.1) is 18.3 Å². The number of piperazine rings is 1. The molecule has 1 saturated heterocycles. The molecule has 6 nitrogen and oxygen atoms in total. The summed E-state index contributed by atoms with van der Waals surface area (Å²) < 4.78 is 7.18. The molecule has 0 bridgehead atoms. The molecule has 0 spiro atoms. The number of aromatic nitrogens is 2. The number of nitrogens with zero attached hydrogens (tertiary/aromatic N) is 4. The first-order valence-electron chi connectivity index (χ1n) is 8.38. The van der Waals surface area contributed by atoms with E-state index in [1.807, 2.05) is 53.6 Å². The van der Waals surface area contributed by atoms with Crippen LogP contribution in [0.2, 0.25) is 0 Å². The van der Waals surface area contributed by atoms with E-state index >= 15 is 0 Å². The number of benzene rings is 1. The van der Waals surface area contributed by atoms with Crippen LogP contribution in [-0.2, 0) is 0 Å². The molecule has 128 valence electrons. The molecule has 3 heterocycles. The number of amides is 1. The highest BCUT2D eigenvalue weighted by Gasteiger charge is 2.25. The molecule has 1 aliphatic heterocycles. The van der Waals surface area contributed by atoms with Gasteiger partial charge in [0.15, 0.2) is 5.69 Å². The standard InChI is InChI=1S/C19H20N4O2/c1-25-18-8-3-2-7-17(18)21-10-12-22(13-11-21)19(24)16-14-15-6-4-5-9-23(15)20-16/h2-9,14H,10-13H2,1H3. The molecule has 25 heavy (non-hydrogen) atoms. The zero-order valence-corrected chi connectivity index (χ0v) is 14.1. The molecule has 1 aromatic carbocycles. The summed E-state index contributed by atoms with van der Waals surface area (Å²) in [6, 6.07) is 15.6. The maximum Gasteiger partial charge on any atom is 0.274 e. The van der Waals surface area contributed by atoms with E-state index in [1.165, 1.54) is 0 Å². The lowest BCUT2D eigenvalue weighted by atomic mass is 10.2. The number of carbonyl (C=O) groups is 1. The Morgan fingerprint density at radius 3 is 2.56 bits per heavy atom. The van der Waals surface area contributed by atoms with Gasteiger partial charge in [0.25, 0.3) is 5.91 Å². The quantitative estimate of drug-likeness (QED) is 0.736. The van der Waals surface area contributed by atoms with Gasteiger partial charge in [-0.25, -0.2) is 4.52 Å². The Labute approximate surface area is 146 Å². The van der Waals surface area contributed by atoms with Gasteiger partial charge in [0.2, 0.25) is 0 Å². The summed E-state index contributed by atoms with van der Waals surface area (Å²) in [7, 11) is 1.68. The molecule has 0 radical (unpaired) electrons. The van der Waals surface area contributed by atoms with Gasteiger partial charge in [-0.3, -0.25) is 4.79 Å².